The van der Waals surface area contributed by atoms with Crippen LogP contribution in [0.4, 0.5) is 15.0 Å². The maximum Gasteiger partial charge on any atom is 0.329 e. The van der Waals surface area contributed by atoms with E-state index in [1.807, 2.05) is 12.1 Å². The Labute approximate surface area is 156 Å². The van der Waals surface area contributed by atoms with E-state index in [0.29, 0.717) is 22.3 Å². The maximum atomic E-state index is 15.2. The van der Waals surface area contributed by atoms with Gasteiger partial charge in [-0.3, -0.25) is 19.7 Å². The van der Waals surface area contributed by atoms with Gasteiger partial charge in [0, 0.05) is 25.4 Å². The number of hydrogen-bond donors (Lipinski definition) is 2. The number of rotatable bonds is 2. The molecule has 140 valence electrons. The first kappa shape index (κ1) is 18.6. The van der Waals surface area contributed by atoms with Crippen LogP contribution in [0.2, 0.25) is 0 Å². The largest absolute Gasteiger partial charge is 0.329 e. The van der Waals surface area contributed by atoms with E-state index in [1.165, 1.54) is 9.58 Å². The average Bonchev–Trinajstić information content (AvgIpc) is 2.93. The quantitative estimate of drug-likeness (QED) is 0.834. The topological polar surface area (TPSA) is 79.3 Å². The van der Waals surface area contributed by atoms with Gasteiger partial charge in [0.15, 0.2) is 11.6 Å². The van der Waals surface area contributed by atoms with Crippen molar-refractivity contribution in [1.82, 2.24) is 20.4 Å². The molecule has 2 fully saturated rings. The van der Waals surface area contributed by atoms with Gasteiger partial charge in [-0.15, -0.1) is 12.4 Å². The Kier molecular flexibility index (Phi) is 5.15. The molecule has 0 radical (unpaired) electrons. The SMILES string of the molecule is Cl.Cn1nc(N2CCC(=O)NC2=O)c2ccc(C3CCNCC3)c(F)c21. The van der Waals surface area contributed by atoms with Crippen molar-refractivity contribution in [2.24, 2.45) is 7.05 Å². The summed E-state index contributed by atoms with van der Waals surface area (Å²) in [6, 6.07) is 3.13. The van der Waals surface area contributed by atoms with Gasteiger partial charge in [-0.25, -0.2) is 9.18 Å². The van der Waals surface area contributed by atoms with Crippen LogP contribution >= 0.6 is 12.4 Å². The summed E-state index contributed by atoms with van der Waals surface area (Å²) < 4.78 is 16.7. The minimum Gasteiger partial charge on any atom is -0.317 e. The van der Waals surface area contributed by atoms with Crippen LogP contribution < -0.4 is 15.5 Å². The molecule has 9 heteroatoms. The Balaban J connectivity index is 0.00000196. The molecule has 7 nitrogen and oxygen atoms in total. The number of carbonyl (C=O) groups is 2. The van der Waals surface area contributed by atoms with Gasteiger partial charge in [0.25, 0.3) is 0 Å². The molecule has 1 aromatic carbocycles. The Hall–Kier alpha value is -2.19. The van der Waals surface area contributed by atoms with Gasteiger partial charge in [-0.05, 0) is 43.5 Å². The number of carbonyl (C=O) groups excluding carboxylic acids is 2. The van der Waals surface area contributed by atoms with E-state index < -0.39 is 6.03 Å². The van der Waals surface area contributed by atoms with E-state index in [9.17, 15) is 9.59 Å². The molecule has 0 saturated carbocycles. The molecular formula is C17H21ClFN5O2. The number of nitrogens with one attached hydrogen (secondary N) is 2. The van der Waals surface area contributed by atoms with Crippen LogP contribution in [-0.2, 0) is 11.8 Å². The van der Waals surface area contributed by atoms with Crippen molar-refractivity contribution in [2.75, 3.05) is 24.5 Å². The summed E-state index contributed by atoms with van der Waals surface area (Å²) in [6.07, 6.45) is 2.02. The Bertz CT molecular complexity index is 862. The number of piperidine rings is 1. The molecule has 26 heavy (non-hydrogen) atoms. The monoisotopic (exact) mass is 381 g/mol. The molecular weight excluding hydrogens is 361 g/mol. The number of anilines is 1. The van der Waals surface area contributed by atoms with E-state index in [1.54, 1.807) is 7.05 Å². The summed E-state index contributed by atoms with van der Waals surface area (Å²) in [7, 11) is 1.67. The second kappa shape index (κ2) is 7.20. The number of fused-ring (bicyclic) bond motifs is 1. The van der Waals surface area contributed by atoms with Gasteiger partial charge in [-0.2, -0.15) is 5.10 Å². The average molecular weight is 382 g/mol. The first-order valence-electron chi connectivity index (χ1n) is 8.53. The third-order valence-electron chi connectivity index (χ3n) is 5.04. The highest BCUT2D eigenvalue weighted by atomic mass is 35.5. The fraction of sp³-hybridized carbons (Fsp3) is 0.471. The zero-order valence-corrected chi connectivity index (χ0v) is 15.2. The lowest BCUT2D eigenvalue weighted by molar-refractivity contribution is -0.120. The molecule has 0 aliphatic carbocycles. The van der Waals surface area contributed by atoms with Gasteiger partial charge in [0.05, 0.1) is 0 Å². The molecule has 0 bridgehead atoms. The minimum absolute atomic E-state index is 0. The van der Waals surface area contributed by atoms with Crippen molar-refractivity contribution in [1.29, 1.82) is 0 Å². The zero-order valence-electron chi connectivity index (χ0n) is 14.4. The van der Waals surface area contributed by atoms with Crippen molar-refractivity contribution >= 4 is 41.1 Å². The van der Waals surface area contributed by atoms with Crippen LogP contribution in [0, 0.1) is 5.82 Å². The molecule has 2 N–H and O–H groups in total. The van der Waals surface area contributed by atoms with Crippen LogP contribution in [0.25, 0.3) is 10.9 Å². The Morgan fingerprint density at radius 2 is 1.96 bits per heavy atom. The summed E-state index contributed by atoms with van der Waals surface area (Å²) in [4.78, 5) is 24.8. The number of nitrogens with zero attached hydrogens (tertiary/aromatic N) is 3. The van der Waals surface area contributed by atoms with E-state index >= 15 is 4.39 Å². The number of hydrogen-bond acceptors (Lipinski definition) is 4. The van der Waals surface area contributed by atoms with Gasteiger partial charge >= 0.3 is 6.03 Å². The second-order valence-corrected chi connectivity index (χ2v) is 6.59. The van der Waals surface area contributed by atoms with Crippen molar-refractivity contribution < 1.29 is 14.0 Å². The van der Waals surface area contributed by atoms with Gasteiger partial charge < -0.3 is 5.32 Å². The van der Waals surface area contributed by atoms with Crippen LogP contribution in [0.3, 0.4) is 0 Å². The number of halogens is 2. The van der Waals surface area contributed by atoms with E-state index in [4.69, 9.17) is 0 Å². The predicted molar refractivity (Wildman–Crippen MR) is 98.3 cm³/mol. The second-order valence-electron chi connectivity index (χ2n) is 6.59. The third-order valence-corrected chi connectivity index (χ3v) is 5.04. The number of aryl methyl sites for hydroxylation is 1. The smallest absolute Gasteiger partial charge is 0.317 e. The van der Waals surface area contributed by atoms with Gasteiger partial charge in [0.1, 0.15) is 5.52 Å². The van der Waals surface area contributed by atoms with Crippen LogP contribution in [0.5, 0.6) is 0 Å². The highest BCUT2D eigenvalue weighted by Crippen LogP contribution is 2.35. The Morgan fingerprint density at radius 3 is 2.65 bits per heavy atom. The summed E-state index contributed by atoms with van der Waals surface area (Å²) in [5, 5.41) is 10.5. The zero-order chi connectivity index (χ0) is 17.6. The molecule has 0 spiro atoms. The van der Waals surface area contributed by atoms with Gasteiger partial charge in [0.2, 0.25) is 5.91 Å². The molecule has 0 unspecified atom stereocenters. The lowest BCUT2D eigenvalue weighted by Gasteiger charge is -2.25. The fourth-order valence-electron chi connectivity index (χ4n) is 3.74. The fourth-order valence-corrected chi connectivity index (χ4v) is 3.74. The van der Waals surface area contributed by atoms with Crippen molar-refractivity contribution in [2.45, 2.75) is 25.2 Å². The molecule has 4 rings (SSSR count). The first-order chi connectivity index (χ1) is 12.1. The summed E-state index contributed by atoms with van der Waals surface area (Å²) >= 11 is 0. The number of urea groups is 1. The van der Waals surface area contributed by atoms with E-state index in [-0.39, 0.29) is 43.0 Å². The summed E-state index contributed by atoms with van der Waals surface area (Å²) in [5.74, 6) is 0.0122. The van der Waals surface area contributed by atoms with Crippen LogP contribution in [-0.4, -0.2) is 41.4 Å². The van der Waals surface area contributed by atoms with Crippen LogP contribution in [0.15, 0.2) is 12.1 Å². The summed E-state index contributed by atoms with van der Waals surface area (Å²) in [6.45, 7) is 2.02. The molecule has 2 aliphatic heterocycles. The molecule has 3 amide bonds. The summed E-state index contributed by atoms with van der Waals surface area (Å²) in [5.41, 5.74) is 1.11. The molecule has 2 aromatic rings. The Morgan fingerprint density at radius 1 is 1.23 bits per heavy atom. The van der Waals surface area contributed by atoms with Gasteiger partial charge in [-0.1, -0.05) is 6.07 Å². The third kappa shape index (κ3) is 3.03. The van der Waals surface area contributed by atoms with Crippen molar-refractivity contribution in [3.05, 3.63) is 23.5 Å². The maximum absolute atomic E-state index is 15.2. The lowest BCUT2D eigenvalue weighted by atomic mass is 9.89. The normalized spacial score (nSPS) is 18.8. The van der Waals surface area contributed by atoms with Crippen molar-refractivity contribution in [3.8, 4) is 0 Å². The highest BCUT2D eigenvalue weighted by Gasteiger charge is 2.30. The van der Waals surface area contributed by atoms with Crippen molar-refractivity contribution in [3.63, 3.8) is 0 Å². The number of amides is 3. The molecule has 2 saturated heterocycles. The van der Waals surface area contributed by atoms with E-state index in [2.05, 4.69) is 15.7 Å². The lowest BCUT2D eigenvalue weighted by Crippen LogP contribution is -2.49. The molecule has 3 heterocycles. The number of benzene rings is 1. The number of aromatic nitrogens is 2. The number of imide groups is 1. The minimum atomic E-state index is -0.515. The predicted octanol–water partition coefficient (Wildman–Crippen LogP) is 2.05. The molecule has 0 atom stereocenters. The highest BCUT2D eigenvalue weighted by molar-refractivity contribution is 6.08. The molecule has 2 aliphatic rings. The standard InChI is InChI=1S/C17H20FN5O2.ClH/c1-22-15-12(16(21-22)23-9-6-13(24)20-17(23)25)3-2-11(14(15)18)10-4-7-19-8-5-10;/h2-3,10,19H,4-9H2,1H3,(H,20,24,25);1H. The molecule has 1 aromatic heterocycles. The van der Waals surface area contributed by atoms with E-state index in [0.717, 1.165) is 25.9 Å². The van der Waals surface area contributed by atoms with Crippen LogP contribution in [0.1, 0.15) is 30.7 Å². The first-order valence-corrected chi connectivity index (χ1v) is 8.53.